The van der Waals surface area contributed by atoms with Gasteiger partial charge in [-0.2, -0.15) is 0 Å². The largest absolute Gasteiger partial charge is 0.311 e. The van der Waals surface area contributed by atoms with Crippen molar-refractivity contribution in [3.8, 4) is 0 Å². The van der Waals surface area contributed by atoms with E-state index in [0.29, 0.717) is 0 Å². The Bertz CT molecular complexity index is 1550. The molecule has 3 aliphatic heterocycles. The van der Waals surface area contributed by atoms with Gasteiger partial charge in [-0.1, -0.05) is 80.6 Å². The second kappa shape index (κ2) is 6.92. The van der Waals surface area contributed by atoms with Gasteiger partial charge < -0.3 is 9.80 Å². The van der Waals surface area contributed by atoms with Gasteiger partial charge in [0.2, 0.25) is 0 Å². The first kappa shape index (κ1) is 20.0. The molecule has 0 fully saturated rings. The molecule has 3 heteroatoms. The SMILES string of the molecule is CC1(C)c2cccc3c2B2c4c(cccc4N(c4ccccc4)c4cccc1c42)N3c1ccccc1. The van der Waals surface area contributed by atoms with Gasteiger partial charge in [0, 0.05) is 39.5 Å². The lowest BCUT2D eigenvalue weighted by atomic mass is 9.28. The van der Waals surface area contributed by atoms with Crippen LogP contribution in [0.5, 0.6) is 0 Å². The van der Waals surface area contributed by atoms with E-state index >= 15 is 0 Å². The van der Waals surface area contributed by atoms with E-state index < -0.39 is 0 Å². The van der Waals surface area contributed by atoms with Gasteiger partial charge in [0.25, 0.3) is 6.71 Å². The molecular weight excluding hydrogens is 435 g/mol. The van der Waals surface area contributed by atoms with Crippen molar-refractivity contribution in [2.24, 2.45) is 0 Å². The Morgan fingerprint density at radius 2 is 0.833 bits per heavy atom. The first-order valence-electron chi connectivity index (χ1n) is 12.8. The minimum atomic E-state index is -0.0955. The predicted octanol–water partition coefficient (Wildman–Crippen LogP) is 6.41. The van der Waals surface area contributed by atoms with Crippen LogP contribution < -0.4 is 26.2 Å². The fourth-order valence-corrected chi connectivity index (χ4v) is 6.97. The minimum Gasteiger partial charge on any atom is -0.311 e. The zero-order valence-electron chi connectivity index (χ0n) is 20.4. The van der Waals surface area contributed by atoms with Crippen molar-refractivity contribution in [2.75, 3.05) is 9.80 Å². The van der Waals surface area contributed by atoms with Gasteiger partial charge in [-0.15, -0.1) is 0 Å². The van der Waals surface area contributed by atoms with Crippen molar-refractivity contribution in [3.05, 3.63) is 126 Å². The maximum absolute atomic E-state index is 2.48. The number of hydrogen-bond donors (Lipinski definition) is 0. The Morgan fingerprint density at radius 3 is 1.28 bits per heavy atom. The predicted molar refractivity (Wildman–Crippen MR) is 153 cm³/mol. The van der Waals surface area contributed by atoms with E-state index in [1.165, 1.54) is 61.6 Å². The van der Waals surface area contributed by atoms with E-state index in [1.54, 1.807) is 0 Å². The maximum atomic E-state index is 2.48. The number of rotatable bonds is 2. The highest BCUT2D eigenvalue weighted by atomic mass is 15.2. The average Bonchev–Trinajstić information content (AvgIpc) is 2.92. The summed E-state index contributed by atoms with van der Waals surface area (Å²) in [5, 5.41) is 0. The standard InChI is InChI=1S/C33H25BN2/c1-33(2)24-16-9-18-26-30(24)34-31-25(33)17-10-19-27(31)36(23-14-7-4-8-15-23)29-21-11-20-28(32(29)34)35(26)22-12-5-3-6-13-22/h3-21H,1-2H3. The molecule has 0 atom stereocenters. The number of para-hydroxylation sites is 2. The van der Waals surface area contributed by atoms with E-state index in [4.69, 9.17) is 0 Å². The van der Waals surface area contributed by atoms with Crippen molar-refractivity contribution < 1.29 is 0 Å². The van der Waals surface area contributed by atoms with Gasteiger partial charge in [-0.3, -0.25) is 0 Å². The normalized spacial score (nSPS) is 15.6. The zero-order chi connectivity index (χ0) is 24.0. The first-order chi connectivity index (χ1) is 17.7. The molecular formula is C33H25BN2. The van der Waals surface area contributed by atoms with Crippen molar-refractivity contribution in [1.82, 2.24) is 0 Å². The van der Waals surface area contributed by atoms with Crippen LogP contribution in [0.3, 0.4) is 0 Å². The summed E-state index contributed by atoms with van der Waals surface area (Å²) in [4.78, 5) is 4.96. The molecule has 3 aliphatic rings. The summed E-state index contributed by atoms with van der Waals surface area (Å²) in [7, 11) is 0. The van der Waals surface area contributed by atoms with E-state index in [2.05, 4.69) is 139 Å². The average molecular weight is 460 g/mol. The minimum absolute atomic E-state index is 0.0955. The van der Waals surface area contributed by atoms with Crippen LogP contribution in [0.1, 0.15) is 25.0 Å². The third-order valence-corrected chi connectivity index (χ3v) is 8.43. The number of benzene rings is 5. The molecule has 0 saturated carbocycles. The molecule has 0 spiro atoms. The second-order valence-corrected chi connectivity index (χ2v) is 10.6. The van der Waals surface area contributed by atoms with Crippen LogP contribution in [-0.2, 0) is 5.41 Å². The molecule has 0 saturated heterocycles. The van der Waals surface area contributed by atoms with Gasteiger partial charge in [0.15, 0.2) is 0 Å². The highest BCUT2D eigenvalue weighted by Gasteiger charge is 2.50. The van der Waals surface area contributed by atoms with E-state index in [1.807, 2.05) is 0 Å². The van der Waals surface area contributed by atoms with E-state index in [-0.39, 0.29) is 12.1 Å². The van der Waals surface area contributed by atoms with Crippen LogP contribution in [0, 0.1) is 0 Å². The fourth-order valence-electron chi connectivity index (χ4n) is 6.97. The Morgan fingerprint density at radius 1 is 0.444 bits per heavy atom. The number of anilines is 6. The molecule has 3 heterocycles. The topological polar surface area (TPSA) is 6.48 Å². The van der Waals surface area contributed by atoms with E-state index in [9.17, 15) is 0 Å². The quantitative estimate of drug-likeness (QED) is 0.275. The summed E-state index contributed by atoms with van der Waals surface area (Å²) in [6.07, 6.45) is 0. The second-order valence-electron chi connectivity index (χ2n) is 10.6. The van der Waals surface area contributed by atoms with Crippen molar-refractivity contribution in [3.63, 3.8) is 0 Å². The molecule has 0 radical (unpaired) electrons. The summed E-state index contributed by atoms with van der Waals surface area (Å²) in [6, 6.07) is 42.3. The van der Waals surface area contributed by atoms with Crippen LogP contribution in [0.15, 0.2) is 115 Å². The summed E-state index contributed by atoms with van der Waals surface area (Å²) in [5.74, 6) is 0. The van der Waals surface area contributed by atoms with Gasteiger partial charge in [0.05, 0.1) is 0 Å². The molecule has 0 N–H and O–H groups in total. The smallest absolute Gasteiger partial charge is 0.252 e. The summed E-state index contributed by atoms with van der Waals surface area (Å²) < 4.78 is 0. The molecule has 0 aliphatic carbocycles. The lowest BCUT2D eigenvalue weighted by Crippen LogP contribution is -2.67. The molecule has 8 rings (SSSR count). The third-order valence-electron chi connectivity index (χ3n) is 8.43. The molecule has 170 valence electrons. The first-order valence-corrected chi connectivity index (χ1v) is 12.8. The summed E-state index contributed by atoms with van der Waals surface area (Å²) in [5.41, 5.74) is 14.6. The Labute approximate surface area is 212 Å². The molecule has 0 amide bonds. The fraction of sp³-hybridized carbons (Fsp3) is 0.0909. The maximum Gasteiger partial charge on any atom is 0.252 e. The number of hydrogen-bond acceptors (Lipinski definition) is 2. The number of nitrogens with zero attached hydrogens (tertiary/aromatic N) is 2. The van der Waals surface area contributed by atoms with Crippen molar-refractivity contribution >= 4 is 57.2 Å². The molecule has 5 aromatic carbocycles. The van der Waals surface area contributed by atoms with Crippen LogP contribution in [0.2, 0.25) is 0 Å². The van der Waals surface area contributed by atoms with Crippen LogP contribution in [0.4, 0.5) is 34.1 Å². The monoisotopic (exact) mass is 460 g/mol. The van der Waals surface area contributed by atoms with Gasteiger partial charge >= 0.3 is 0 Å². The Kier molecular flexibility index (Phi) is 3.85. The Balaban J connectivity index is 1.55. The van der Waals surface area contributed by atoms with Crippen LogP contribution >= 0.6 is 0 Å². The van der Waals surface area contributed by atoms with Gasteiger partial charge in [-0.25, -0.2) is 0 Å². The van der Waals surface area contributed by atoms with Crippen LogP contribution in [-0.4, -0.2) is 6.71 Å². The molecule has 0 bridgehead atoms. The highest BCUT2D eigenvalue weighted by Crippen LogP contribution is 2.48. The van der Waals surface area contributed by atoms with Gasteiger partial charge in [-0.05, 0) is 76.0 Å². The molecule has 2 nitrogen and oxygen atoms in total. The van der Waals surface area contributed by atoms with Crippen molar-refractivity contribution in [2.45, 2.75) is 19.3 Å². The zero-order valence-corrected chi connectivity index (χ0v) is 20.4. The molecule has 0 aromatic heterocycles. The lowest BCUT2D eigenvalue weighted by molar-refractivity contribution is 0.646. The lowest BCUT2D eigenvalue weighted by Gasteiger charge is -2.50. The molecule has 0 unspecified atom stereocenters. The van der Waals surface area contributed by atoms with Crippen molar-refractivity contribution in [1.29, 1.82) is 0 Å². The molecule has 5 aromatic rings. The van der Waals surface area contributed by atoms with E-state index in [0.717, 1.165) is 0 Å². The van der Waals surface area contributed by atoms with Gasteiger partial charge in [0.1, 0.15) is 0 Å². The summed E-state index contributed by atoms with van der Waals surface area (Å²) >= 11 is 0. The Hall–Kier alpha value is -4.24. The summed E-state index contributed by atoms with van der Waals surface area (Å²) in [6.45, 7) is 5.01. The third kappa shape index (κ3) is 2.38. The highest BCUT2D eigenvalue weighted by molar-refractivity contribution is 7.01. The molecule has 36 heavy (non-hydrogen) atoms. The van der Waals surface area contributed by atoms with Crippen LogP contribution in [0.25, 0.3) is 0 Å².